The number of amides is 1. The fraction of sp³-hybridized carbons (Fsp3) is 0.222. The molecule has 1 aliphatic rings. The predicted octanol–water partition coefficient (Wildman–Crippen LogP) is 5.05. The number of carbonyl (C=O) groups excluding carboxylic acids is 1. The number of aromatic nitrogens is 1. The van der Waals surface area contributed by atoms with E-state index in [1.54, 1.807) is 41.0 Å². The minimum atomic E-state index is -0.559. The molecule has 0 radical (unpaired) electrons. The molecule has 1 aromatic heterocycles. The van der Waals surface area contributed by atoms with Gasteiger partial charge in [-0.15, -0.1) is 10.2 Å². The van der Waals surface area contributed by atoms with Crippen LogP contribution >= 0.6 is 0 Å². The number of azo groups is 1. The van der Waals surface area contributed by atoms with Gasteiger partial charge >= 0.3 is 0 Å². The molecule has 11 nitrogen and oxygen atoms in total. The number of nitro benzene ring substituents is 1. The third kappa shape index (κ3) is 5.53. The van der Waals surface area contributed by atoms with Crippen molar-refractivity contribution in [2.24, 2.45) is 10.2 Å². The van der Waals surface area contributed by atoms with Crippen LogP contribution in [0.3, 0.4) is 0 Å². The number of non-ortho nitro benzene ring substituents is 1. The highest BCUT2D eigenvalue weighted by molar-refractivity contribution is 5.97. The number of morpholine rings is 1. The average molecular weight is 516 g/mol. The summed E-state index contributed by atoms with van der Waals surface area (Å²) < 4.78 is 12.9. The molecule has 5 rings (SSSR count). The number of rotatable bonds is 8. The highest BCUT2D eigenvalue weighted by Crippen LogP contribution is 2.39. The van der Waals surface area contributed by atoms with Gasteiger partial charge in [-0.3, -0.25) is 24.4 Å². The zero-order valence-electron chi connectivity index (χ0n) is 20.4. The van der Waals surface area contributed by atoms with Crippen LogP contribution in [0.2, 0.25) is 0 Å². The van der Waals surface area contributed by atoms with Gasteiger partial charge in [0.15, 0.2) is 5.69 Å². The van der Waals surface area contributed by atoms with Crippen LogP contribution in [0.5, 0.6) is 11.6 Å². The van der Waals surface area contributed by atoms with Crippen LogP contribution in [-0.2, 0) is 18.0 Å². The second-order valence-corrected chi connectivity index (χ2v) is 8.73. The second kappa shape index (κ2) is 11.2. The minimum absolute atomic E-state index is 0.0146. The topological polar surface area (TPSA) is 132 Å². The lowest BCUT2D eigenvalue weighted by Gasteiger charge is -2.27. The van der Waals surface area contributed by atoms with Gasteiger partial charge < -0.3 is 14.6 Å². The standard InChI is InChI=1S/C27H25N5O6/c33-26(20-7-11-22(12-8-20)38-17-19-5-9-21(10-6-19)32(35)36)29-28-25-23-3-1-2-4-24(23)31(27(25)34)18-30-13-15-37-16-14-30/h1-12,34H,13-18H2. The van der Waals surface area contributed by atoms with E-state index in [9.17, 15) is 20.0 Å². The van der Waals surface area contributed by atoms with E-state index in [1.165, 1.54) is 12.1 Å². The third-order valence-corrected chi connectivity index (χ3v) is 6.26. The lowest BCUT2D eigenvalue weighted by Crippen LogP contribution is -2.37. The molecule has 38 heavy (non-hydrogen) atoms. The van der Waals surface area contributed by atoms with Crippen LogP contribution < -0.4 is 4.74 Å². The summed E-state index contributed by atoms with van der Waals surface area (Å²) in [5, 5.41) is 30.4. The van der Waals surface area contributed by atoms with Gasteiger partial charge in [-0.05, 0) is 48.0 Å². The van der Waals surface area contributed by atoms with Crippen molar-refractivity contribution in [3.05, 3.63) is 94.0 Å². The first-order valence-electron chi connectivity index (χ1n) is 12.0. The average Bonchev–Trinajstić information content (AvgIpc) is 3.21. The van der Waals surface area contributed by atoms with Crippen molar-refractivity contribution in [1.29, 1.82) is 0 Å². The predicted molar refractivity (Wildman–Crippen MR) is 139 cm³/mol. The van der Waals surface area contributed by atoms with Crippen LogP contribution in [0.4, 0.5) is 11.4 Å². The summed E-state index contributed by atoms with van der Waals surface area (Å²) in [7, 11) is 0. The van der Waals surface area contributed by atoms with Gasteiger partial charge in [0.2, 0.25) is 5.88 Å². The van der Waals surface area contributed by atoms with E-state index >= 15 is 0 Å². The van der Waals surface area contributed by atoms with Crippen LogP contribution in [0, 0.1) is 10.1 Å². The monoisotopic (exact) mass is 515 g/mol. The van der Waals surface area contributed by atoms with Gasteiger partial charge in [-0.2, -0.15) is 0 Å². The molecule has 0 spiro atoms. The van der Waals surface area contributed by atoms with Crippen LogP contribution in [0.1, 0.15) is 15.9 Å². The number of carbonyl (C=O) groups is 1. The zero-order chi connectivity index (χ0) is 26.5. The molecule has 0 saturated carbocycles. The maximum Gasteiger partial charge on any atom is 0.295 e. The molecule has 0 aliphatic carbocycles. The van der Waals surface area contributed by atoms with E-state index in [2.05, 4.69) is 15.1 Å². The minimum Gasteiger partial charge on any atom is -0.493 e. The molecule has 1 aliphatic heterocycles. The van der Waals surface area contributed by atoms with E-state index in [-0.39, 0.29) is 23.9 Å². The fourth-order valence-corrected chi connectivity index (χ4v) is 4.18. The van der Waals surface area contributed by atoms with Gasteiger partial charge in [0.1, 0.15) is 12.4 Å². The highest BCUT2D eigenvalue weighted by Gasteiger charge is 2.20. The molecule has 4 aromatic rings. The number of aromatic hydroxyl groups is 1. The number of nitrogens with zero attached hydrogens (tertiary/aromatic N) is 5. The van der Waals surface area contributed by atoms with Crippen molar-refractivity contribution in [3.63, 3.8) is 0 Å². The largest absolute Gasteiger partial charge is 0.493 e. The number of ether oxygens (including phenoxy) is 2. The number of para-hydroxylation sites is 1. The number of fused-ring (bicyclic) bond motifs is 1. The number of benzene rings is 3. The molecule has 194 valence electrons. The molecule has 1 saturated heterocycles. The maximum absolute atomic E-state index is 12.7. The van der Waals surface area contributed by atoms with Gasteiger partial charge in [-0.25, -0.2) is 0 Å². The Morgan fingerprint density at radius 3 is 2.45 bits per heavy atom. The number of nitro groups is 1. The van der Waals surface area contributed by atoms with Crippen molar-refractivity contribution >= 4 is 28.2 Å². The fourth-order valence-electron chi connectivity index (χ4n) is 4.18. The summed E-state index contributed by atoms with van der Waals surface area (Å²) >= 11 is 0. The third-order valence-electron chi connectivity index (χ3n) is 6.26. The maximum atomic E-state index is 12.7. The van der Waals surface area contributed by atoms with E-state index in [0.29, 0.717) is 36.6 Å². The molecule has 1 amide bonds. The quantitative estimate of drug-likeness (QED) is 0.197. The first-order chi connectivity index (χ1) is 18.5. The number of hydrogen-bond acceptors (Lipinski definition) is 8. The SMILES string of the molecule is O=C(N=Nc1c(O)n(CN2CCOCC2)c2ccccc12)c1ccc(OCc2ccc([N+](=O)[O-])cc2)cc1. The number of hydrogen-bond donors (Lipinski definition) is 1. The Bertz CT molecular complexity index is 1470. The van der Waals surface area contributed by atoms with Crippen LogP contribution in [0.15, 0.2) is 83.0 Å². The second-order valence-electron chi connectivity index (χ2n) is 8.73. The molecule has 0 bridgehead atoms. The van der Waals surface area contributed by atoms with Crippen molar-refractivity contribution in [1.82, 2.24) is 9.47 Å². The lowest BCUT2D eigenvalue weighted by atomic mass is 10.2. The van der Waals surface area contributed by atoms with Crippen molar-refractivity contribution in [2.75, 3.05) is 26.3 Å². The first kappa shape index (κ1) is 25.1. The van der Waals surface area contributed by atoms with Crippen molar-refractivity contribution in [2.45, 2.75) is 13.3 Å². The van der Waals surface area contributed by atoms with Crippen LogP contribution in [-0.4, -0.2) is 51.7 Å². The van der Waals surface area contributed by atoms with E-state index < -0.39 is 10.8 Å². The molecule has 11 heteroatoms. The molecule has 0 atom stereocenters. The molecular weight excluding hydrogens is 490 g/mol. The van der Waals surface area contributed by atoms with Crippen LogP contribution in [0.25, 0.3) is 10.9 Å². The van der Waals surface area contributed by atoms with Gasteiger partial charge in [-0.1, -0.05) is 18.2 Å². The van der Waals surface area contributed by atoms with E-state index in [0.717, 1.165) is 24.2 Å². The summed E-state index contributed by atoms with van der Waals surface area (Å²) in [6.07, 6.45) is 0. The van der Waals surface area contributed by atoms with Gasteiger partial charge in [0, 0.05) is 36.2 Å². The van der Waals surface area contributed by atoms with Crippen molar-refractivity contribution < 1.29 is 24.3 Å². The Hall–Kier alpha value is -4.61. The molecule has 2 heterocycles. The molecule has 0 unspecified atom stereocenters. The summed E-state index contributed by atoms with van der Waals surface area (Å²) in [5.41, 5.74) is 2.14. The molecule has 1 fully saturated rings. The van der Waals surface area contributed by atoms with E-state index in [1.807, 2.05) is 24.3 Å². The first-order valence-corrected chi connectivity index (χ1v) is 12.0. The lowest BCUT2D eigenvalue weighted by molar-refractivity contribution is -0.384. The summed E-state index contributed by atoms with van der Waals surface area (Å²) in [4.78, 5) is 25.2. The van der Waals surface area contributed by atoms with Gasteiger partial charge in [0.25, 0.3) is 11.6 Å². The highest BCUT2D eigenvalue weighted by atomic mass is 16.6. The Kier molecular flexibility index (Phi) is 7.38. The smallest absolute Gasteiger partial charge is 0.295 e. The van der Waals surface area contributed by atoms with E-state index in [4.69, 9.17) is 9.47 Å². The molecule has 1 N–H and O–H groups in total. The van der Waals surface area contributed by atoms with Gasteiger partial charge in [0.05, 0.1) is 30.3 Å². The zero-order valence-corrected chi connectivity index (χ0v) is 20.4. The summed E-state index contributed by atoms with van der Waals surface area (Å²) in [5.74, 6) is -0.0822. The summed E-state index contributed by atoms with van der Waals surface area (Å²) in [6, 6.07) is 20.0. The Morgan fingerprint density at radius 2 is 1.74 bits per heavy atom. The Morgan fingerprint density at radius 1 is 1.03 bits per heavy atom. The Labute approximate surface area is 217 Å². The van der Waals surface area contributed by atoms with Crippen molar-refractivity contribution in [3.8, 4) is 11.6 Å². The molecular formula is C27H25N5O6. The Balaban J connectivity index is 1.27. The normalized spacial score (nSPS) is 14.2. The summed E-state index contributed by atoms with van der Waals surface area (Å²) in [6.45, 7) is 3.49. The molecule has 3 aromatic carbocycles.